The Morgan fingerprint density at radius 2 is 1.89 bits per heavy atom. The predicted octanol–water partition coefficient (Wildman–Crippen LogP) is 2.94. The van der Waals surface area contributed by atoms with Crippen molar-refractivity contribution in [2.75, 3.05) is 41.0 Å². The van der Waals surface area contributed by atoms with Crippen LogP contribution < -0.4 is 20.1 Å². The molecule has 0 spiro atoms. The van der Waals surface area contributed by atoms with Gasteiger partial charge in [-0.05, 0) is 42.7 Å². The van der Waals surface area contributed by atoms with Crippen LogP contribution in [0.2, 0.25) is 0 Å². The molecule has 0 aliphatic rings. The molecule has 0 amide bonds. The minimum Gasteiger partial charge on any atom is -0.497 e. The summed E-state index contributed by atoms with van der Waals surface area (Å²) in [4.78, 5) is 4.30. The molecule has 28 heavy (non-hydrogen) atoms. The van der Waals surface area contributed by atoms with Crippen molar-refractivity contribution in [2.45, 2.75) is 19.9 Å². The molecule has 152 valence electrons. The van der Waals surface area contributed by atoms with Gasteiger partial charge in [-0.1, -0.05) is 24.3 Å². The smallest absolute Gasteiger partial charge is 0.191 e. The van der Waals surface area contributed by atoms with E-state index in [1.807, 2.05) is 24.3 Å². The zero-order valence-electron chi connectivity index (χ0n) is 17.2. The number of nitrogens with zero attached hydrogens (tertiary/aromatic N) is 1. The Hall–Kier alpha value is -2.73. The Morgan fingerprint density at radius 1 is 1.04 bits per heavy atom. The van der Waals surface area contributed by atoms with Crippen molar-refractivity contribution in [2.24, 2.45) is 4.99 Å². The lowest BCUT2D eigenvalue weighted by molar-refractivity contribution is 0.145. The first kappa shape index (κ1) is 21.6. The Balaban J connectivity index is 1.86. The number of methoxy groups -OCH3 is 2. The SMILES string of the molecule is CN=C(NCCc1cccc(OC)c1)NCc1ccc(C)cc1OCCOC. The topological polar surface area (TPSA) is 64.1 Å². The van der Waals surface area contributed by atoms with E-state index in [1.54, 1.807) is 21.3 Å². The highest BCUT2D eigenvalue weighted by Crippen LogP contribution is 2.20. The molecule has 2 aromatic carbocycles. The summed E-state index contributed by atoms with van der Waals surface area (Å²) in [6, 6.07) is 14.3. The number of hydrogen-bond donors (Lipinski definition) is 2. The largest absolute Gasteiger partial charge is 0.497 e. The molecule has 2 rings (SSSR count). The first-order valence-corrected chi connectivity index (χ1v) is 9.45. The van der Waals surface area contributed by atoms with Gasteiger partial charge in [0.1, 0.15) is 18.1 Å². The van der Waals surface area contributed by atoms with Gasteiger partial charge in [-0.2, -0.15) is 0 Å². The van der Waals surface area contributed by atoms with E-state index in [-0.39, 0.29) is 0 Å². The lowest BCUT2D eigenvalue weighted by Crippen LogP contribution is -2.37. The van der Waals surface area contributed by atoms with Crippen molar-refractivity contribution in [1.29, 1.82) is 0 Å². The fourth-order valence-electron chi connectivity index (χ4n) is 2.73. The second kappa shape index (κ2) is 11.9. The van der Waals surface area contributed by atoms with Gasteiger partial charge in [0, 0.05) is 32.8 Å². The van der Waals surface area contributed by atoms with E-state index < -0.39 is 0 Å². The number of ether oxygens (including phenoxy) is 3. The molecule has 0 fully saturated rings. The van der Waals surface area contributed by atoms with E-state index in [0.717, 1.165) is 41.6 Å². The van der Waals surface area contributed by atoms with E-state index in [9.17, 15) is 0 Å². The maximum absolute atomic E-state index is 5.85. The lowest BCUT2D eigenvalue weighted by Gasteiger charge is -2.15. The average molecular weight is 386 g/mol. The predicted molar refractivity (Wildman–Crippen MR) is 113 cm³/mol. The molecule has 6 nitrogen and oxygen atoms in total. The molecular weight excluding hydrogens is 354 g/mol. The average Bonchev–Trinajstić information content (AvgIpc) is 2.72. The van der Waals surface area contributed by atoms with Crippen molar-refractivity contribution >= 4 is 5.96 Å². The zero-order valence-corrected chi connectivity index (χ0v) is 17.2. The van der Waals surface area contributed by atoms with Crippen LogP contribution in [-0.2, 0) is 17.7 Å². The summed E-state index contributed by atoms with van der Waals surface area (Å²) in [5, 5.41) is 6.69. The van der Waals surface area contributed by atoms with Crippen LogP contribution in [0.5, 0.6) is 11.5 Å². The molecule has 0 heterocycles. The lowest BCUT2D eigenvalue weighted by atomic mass is 10.1. The molecule has 0 bridgehead atoms. The van der Waals surface area contributed by atoms with E-state index in [1.165, 1.54) is 5.56 Å². The monoisotopic (exact) mass is 385 g/mol. The fraction of sp³-hybridized carbons (Fsp3) is 0.409. The number of guanidine groups is 1. The zero-order chi connectivity index (χ0) is 20.2. The number of rotatable bonds is 10. The second-order valence-electron chi connectivity index (χ2n) is 6.41. The van der Waals surface area contributed by atoms with Crippen LogP contribution in [-0.4, -0.2) is 47.0 Å². The third-order valence-corrected chi connectivity index (χ3v) is 4.28. The molecule has 0 saturated carbocycles. The Bertz CT molecular complexity index is 762. The summed E-state index contributed by atoms with van der Waals surface area (Å²) in [5.41, 5.74) is 3.46. The normalized spacial score (nSPS) is 11.2. The number of aliphatic imine (C=N–C) groups is 1. The van der Waals surface area contributed by atoms with Gasteiger partial charge in [0.15, 0.2) is 5.96 Å². The minimum absolute atomic E-state index is 0.528. The van der Waals surface area contributed by atoms with E-state index in [0.29, 0.717) is 19.8 Å². The van der Waals surface area contributed by atoms with Crippen molar-refractivity contribution < 1.29 is 14.2 Å². The highest BCUT2D eigenvalue weighted by atomic mass is 16.5. The molecule has 0 aromatic heterocycles. The second-order valence-corrected chi connectivity index (χ2v) is 6.41. The number of aryl methyl sites for hydroxylation is 1. The van der Waals surface area contributed by atoms with Crippen molar-refractivity contribution in [3.8, 4) is 11.5 Å². The van der Waals surface area contributed by atoms with E-state index in [2.05, 4.69) is 40.7 Å². The van der Waals surface area contributed by atoms with Gasteiger partial charge in [-0.25, -0.2) is 0 Å². The first-order chi connectivity index (χ1) is 13.7. The van der Waals surface area contributed by atoms with Crippen molar-refractivity contribution in [3.05, 3.63) is 59.2 Å². The molecule has 2 N–H and O–H groups in total. The van der Waals surface area contributed by atoms with Crippen LogP contribution >= 0.6 is 0 Å². The summed E-state index contributed by atoms with van der Waals surface area (Å²) < 4.78 is 16.2. The van der Waals surface area contributed by atoms with Gasteiger partial charge in [0.05, 0.1) is 13.7 Å². The highest BCUT2D eigenvalue weighted by molar-refractivity contribution is 5.79. The van der Waals surface area contributed by atoms with Crippen LogP contribution in [0.3, 0.4) is 0 Å². The molecule has 0 aliphatic heterocycles. The summed E-state index contributed by atoms with van der Waals surface area (Å²) in [6.45, 7) is 4.55. The molecule has 6 heteroatoms. The summed E-state index contributed by atoms with van der Waals surface area (Å²) in [7, 11) is 5.12. The Morgan fingerprint density at radius 3 is 2.64 bits per heavy atom. The van der Waals surface area contributed by atoms with E-state index >= 15 is 0 Å². The standard InChI is InChI=1S/C22H31N3O3/c1-17-8-9-19(21(14-17)28-13-12-26-3)16-25-22(23-2)24-11-10-18-6-5-7-20(15-18)27-4/h5-9,14-15H,10-13,16H2,1-4H3,(H2,23,24,25). The molecule has 2 aromatic rings. The highest BCUT2D eigenvalue weighted by Gasteiger charge is 2.06. The Kier molecular flexibility index (Phi) is 9.15. The van der Waals surface area contributed by atoms with E-state index in [4.69, 9.17) is 14.2 Å². The molecule has 0 aliphatic carbocycles. The van der Waals surface area contributed by atoms with Gasteiger partial charge >= 0.3 is 0 Å². The molecule has 0 saturated heterocycles. The number of hydrogen-bond acceptors (Lipinski definition) is 4. The van der Waals surface area contributed by atoms with Crippen LogP contribution in [0.15, 0.2) is 47.5 Å². The maximum Gasteiger partial charge on any atom is 0.191 e. The fourth-order valence-corrected chi connectivity index (χ4v) is 2.73. The molecule has 0 atom stereocenters. The maximum atomic E-state index is 5.85. The number of nitrogens with one attached hydrogen (secondary N) is 2. The molecule has 0 radical (unpaired) electrons. The van der Waals surface area contributed by atoms with Crippen molar-refractivity contribution in [3.63, 3.8) is 0 Å². The Labute approximate surface area is 167 Å². The van der Waals surface area contributed by atoms with Crippen molar-refractivity contribution in [1.82, 2.24) is 10.6 Å². The van der Waals surface area contributed by atoms with Crippen LogP contribution in [0.1, 0.15) is 16.7 Å². The quantitative estimate of drug-likeness (QED) is 0.374. The molecular formula is C22H31N3O3. The van der Waals surface area contributed by atoms with Gasteiger partial charge in [-0.3, -0.25) is 4.99 Å². The van der Waals surface area contributed by atoms with Crippen LogP contribution in [0.4, 0.5) is 0 Å². The number of benzene rings is 2. The van der Waals surface area contributed by atoms with Gasteiger partial charge in [0.2, 0.25) is 0 Å². The van der Waals surface area contributed by atoms with Gasteiger partial charge in [0.25, 0.3) is 0 Å². The van der Waals surface area contributed by atoms with Crippen LogP contribution in [0.25, 0.3) is 0 Å². The van der Waals surface area contributed by atoms with Gasteiger partial charge < -0.3 is 24.8 Å². The summed E-state index contributed by atoms with van der Waals surface area (Å²) in [5.74, 6) is 2.50. The third kappa shape index (κ3) is 7.12. The minimum atomic E-state index is 0.528. The first-order valence-electron chi connectivity index (χ1n) is 9.45. The summed E-state index contributed by atoms with van der Waals surface area (Å²) >= 11 is 0. The van der Waals surface area contributed by atoms with Gasteiger partial charge in [-0.15, -0.1) is 0 Å². The molecule has 0 unspecified atom stereocenters. The summed E-state index contributed by atoms with van der Waals surface area (Å²) in [6.07, 6.45) is 0.883. The van der Waals surface area contributed by atoms with Crippen LogP contribution in [0, 0.1) is 6.92 Å². The third-order valence-electron chi connectivity index (χ3n) is 4.28.